The van der Waals surface area contributed by atoms with Crippen LogP contribution in [0.2, 0.25) is 0 Å². The average molecular weight is 423 g/mol. The Morgan fingerprint density at radius 3 is 1.84 bits per heavy atom. The molecule has 1 heteroatoms. The summed E-state index contributed by atoms with van der Waals surface area (Å²) in [5, 5.41) is 2.50. The third-order valence-corrected chi connectivity index (χ3v) is 6.33. The van der Waals surface area contributed by atoms with E-state index in [0.29, 0.717) is 6.61 Å². The van der Waals surface area contributed by atoms with E-state index >= 15 is 0 Å². The minimum Gasteiger partial charge on any atom is -0.490 e. The van der Waals surface area contributed by atoms with Crippen molar-refractivity contribution in [3.05, 3.63) is 54.1 Å². The molecule has 0 saturated carbocycles. The zero-order chi connectivity index (χ0) is 22.0. The van der Waals surface area contributed by atoms with Gasteiger partial charge < -0.3 is 4.74 Å². The van der Waals surface area contributed by atoms with Gasteiger partial charge in [0.2, 0.25) is 0 Å². The van der Waals surface area contributed by atoms with Crippen LogP contribution in [-0.4, -0.2) is 6.61 Å². The second-order valence-corrected chi connectivity index (χ2v) is 9.22. The van der Waals surface area contributed by atoms with Gasteiger partial charge in [-0.3, -0.25) is 0 Å². The molecule has 0 N–H and O–H groups in total. The highest BCUT2D eigenvalue weighted by Gasteiger charge is 1.98. The summed E-state index contributed by atoms with van der Waals surface area (Å²) >= 11 is 0. The molecule has 0 heterocycles. The van der Waals surface area contributed by atoms with Gasteiger partial charge in [0, 0.05) is 0 Å². The van der Waals surface area contributed by atoms with Crippen LogP contribution in [0.25, 0.3) is 10.8 Å². The summed E-state index contributed by atoms with van der Waals surface area (Å²) in [4.78, 5) is 0. The Hall–Kier alpha value is -1.76. The van der Waals surface area contributed by atoms with Gasteiger partial charge in [-0.25, -0.2) is 0 Å². The van der Waals surface area contributed by atoms with E-state index in [2.05, 4.69) is 62.4 Å². The molecule has 0 atom stereocenters. The maximum Gasteiger partial charge on any atom is 0.120 e. The average Bonchev–Trinajstić information content (AvgIpc) is 2.79. The second-order valence-electron chi connectivity index (χ2n) is 9.22. The minimum atomic E-state index is 0.669. The van der Waals surface area contributed by atoms with Crippen molar-refractivity contribution < 1.29 is 4.74 Å². The molecule has 0 unspecified atom stereocenters. The SMILES string of the molecule is CCCCCCCCCCCCCCCC/C(C)=C/COc1ccc2ccccc2c1. The molecule has 1 nitrogen and oxygen atoms in total. The van der Waals surface area contributed by atoms with E-state index < -0.39 is 0 Å². The maximum absolute atomic E-state index is 5.93. The summed E-state index contributed by atoms with van der Waals surface area (Å²) in [5.74, 6) is 0.958. The van der Waals surface area contributed by atoms with Crippen molar-refractivity contribution in [2.45, 2.75) is 110 Å². The Labute approximate surface area is 192 Å². The Morgan fingerprint density at radius 2 is 1.23 bits per heavy atom. The van der Waals surface area contributed by atoms with E-state index in [1.54, 1.807) is 0 Å². The lowest BCUT2D eigenvalue weighted by Crippen LogP contribution is -1.95. The molecule has 0 bridgehead atoms. The van der Waals surface area contributed by atoms with Gasteiger partial charge in [-0.1, -0.05) is 126 Å². The number of allylic oxidation sites excluding steroid dienone is 1. The van der Waals surface area contributed by atoms with Crippen molar-refractivity contribution in [1.82, 2.24) is 0 Å². The summed E-state index contributed by atoms with van der Waals surface area (Å²) in [6.07, 6.45) is 23.3. The highest BCUT2D eigenvalue weighted by Crippen LogP contribution is 2.21. The fourth-order valence-corrected chi connectivity index (χ4v) is 4.24. The smallest absolute Gasteiger partial charge is 0.120 e. The molecule has 0 amide bonds. The molecule has 31 heavy (non-hydrogen) atoms. The largest absolute Gasteiger partial charge is 0.490 e. The molecule has 2 aromatic carbocycles. The predicted octanol–water partition coefficient (Wildman–Crippen LogP) is 10.0. The first-order valence-corrected chi connectivity index (χ1v) is 13.1. The maximum atomic E-state index is 5.93. The van der Waals surface area contributed by atoms with E-state index in [-0.39, 0.29) is 0 Å². The van der Waals surface area contributed by atoms with Crippen LogP contribution in [0.4, 0.5) is 0 Å². The molecule has 0 aliphatic rings. The molecule has 0 aromatic heterocycles. The predicted molar refractivity (Wildman–Crippen MR) is 138 cm³/mol. The van der Waals surface area contributed by atoms with Crippen LogP contribution in [0, 0.1) is 0 Å². The van der Waals surface area contributed by atoms with Gasteiger partial charge in [0.1, 0.15) is 12.4 Å². The topological polar surface area (TPSA) is 9.23 Å². The summed E-state index contributed by atoms with van der Waals surface area (Å²) in [5.41, 5.74) is 1.46. The quantitative estimate of drug-likeness (QED) is 0.171. The first-order valence-electron chi connectivity index (χ1n) is 13.1. The molecular weight excluding hydrogens is 376 g/mol. The zero-order valence-electron chi connectivity index (χ0n) is 20.3. The molecule has 0 spiro atoms. The van der Waals surface area contributed by atoms with Crippen LogP contribution in [0.15, 0.2) is 54.1 Å². The van der Waals surface area contributed by atoms with Crippen LogP contribution in [0.3, 0.4) is 0 Å². The van der Waals surface area contributed by atoms with Gasteiger partial charge in [0.15, 0.2) is 0 Å². The molecular formula is C30H46O. The lowest BCUT2D eigenvalue weighted by atomic mass is 10.0. The van der Waals surface area contributed by atoms with Crippen molar-refractivity contribution in [2.75, 3.05) is 6.61 Å². The van der Waals surface area contributed by atoms with Crippen molar-refractivity contribution >= 4 is 10.8 Å². The molecule has 172 valence electrons. The van der Waals surface area contributed by atoms with Crippen molar-refractivity contribution in [2.24, 2.45) is 0 Å². The van der Waals surface area contributed by atoms with E-state index in [9.17, 15) is 0 Å². The highest BCUT2D eigenvalue weighted by molar-refractivity contribution is 5.83. The van der Waals surface area contributed by atoms with Crippen LogP contribution in [-0.2, 0) is 0 Å². The molecule has 0 fully saturated rings. The number of benzene rings is 2. The van der Waals surface area contributed by atoms with Crippen LogP contribution in [0.5, 0.6) is 5.75 Å². The lowest BCUT2D eigenvalue weighted by Gasteiger charge is -2.07. The van der Waals surface area contributed by atoms with Crippen molar-refractivity contribution in [3.63, 3.8) is 0 Å². The second kappa shape index (κ2) is 16.9. The first kappa shape index (κ1) is 25.5. The summed E-state index contributed by atoms with van der Waals surface area (Å²) in [6, 6.07) is 14.8. The molecule has 0 radical (unpaired) electrons. The molecule has 0 aliphatic heterocycles. The van der Waals surface area contributed by atoms with Crippen molar-refractivity contribution in [1.29, 1.82) is 0 Å². The van der Waals surface area contributed by atoms with Gasteiger partial charge in [-0.2, -0.15) is 0 Å². The third kappa shape index (κ3) is 12.0. The highest BCUT2D eigenvalue weighted by atomic mass is 16.5. The Bertz CT molecular complexity index is 730. The van der Waals surface area contributed by atoms with Crippen molar-refractivity contribution in [3.8, 4) is 5.75 Å². The van der Waals surface area contributed by atoms with E-state index in [0.717, 1.165) is 5.75 Å². The van der Waals surface area contributed by atoms with Gasteiger partial charge in [-0.15, -0.1) is 0 Å². The van der Waals surface area contributed by atoms with Gasteiger partial charge in [0.25, 0.3) is 0 Å². The molecule has 0 aliphatic carbocycles. The van der Waals surface area contributed by atoms with Gasteiger partial charge in [-0.05, 0) is 48.7 Å². The Morgan fingerprint density at radius 1 is 0.677 bits per heavy atom. The van der Waals surface area contributed by atoms with Gasteiger partial charge in [0.05, 0.1) is 0 Å². The molecule has 2 rings (SSSR count). The zero-order valence-corrected chi connectivity index (χ0v) is 20.3. The number of fused-ring (bicyclic) bond motifs is 1. The number of hydrogen-bond acceptors (Lipinski definition) is 1. The van der Waals surface area contributed by atoms with E-state index in [1.807, 2.05) is 0 Å². The van der Waals surface area contributed by atoms with E-state index in [4.69, 9.17) is 4.74 Å². The number of hydrogen-bond donors (Lipinski definition) is 0. The number of unbranched alkanes of at least 4 members (excludes halogenated alkanes) is 13. The normalized spacial score (nSPS) is 11.9. The summed E-state index contributed by atoms with van der Waals surface area (Å²) < 4.78 is 5.93. The van der Waals surface area contributed by atoms with Crippen LogP contribution in [0.1, 0.15) is 110 Å². The number of rotatable bonds is 18. The molecule has 0 saturated heterocycles. The minimum absolute atomic E-state index is 0.669. The standard InChI is InChI=1S/C30H46O/c1-3-4-5-6-7-8-9-10-11-12-13-14-15-16-19-27(2)24-25-31-30-23-22-28-20-17-18-21-29(28)26-30/h17-18,20-24,26H,3-16,19,25H2,1-2H3/b27-24+. The third-order valence-electron chi connectivity index (χ3n) is 6.33. The Balaban J connectivity index is 1.41. The fourth-order valence-electron chi connectivity index (χ4n) is 4.24. The fraction of sp³-hybridized carbons (Fsp3) is 0.600. The summed E-state index contributed by atoms with van der Waals surface area (Å²) in [7, 11) is 0. The van der Waals surface area contributed by atoms with Gasteiger partial charge >= 0.3 is 0 Å². The number of ether oxygens (including phenoxy) is 1. The lowest BCUT2D eigenvalue weighted by molar-refractivity contribution is 0.362. The monoisotopic (exact) mass is 422 g/mol. The van der Waals surface area contributed by atoms with Crippen LogP contribution >= 0.6 is 0 Å². The van der Waals surface area contributed by atoms with E-state index in [1.165, 1.54) is 113 Å². The Kier molecular flexibility index (Phi) is 13.9. The van der Waals surface area contributed by atoms with Crippen LogP contribution < -0.4 is 4.74 Å². The molecule has 2 aromatic rings. The summed E-state index contributed by atoms with van der Waals surface area (Å²) in [6.45, 7) is 5.20. The first-order chi connectivity index (χ1) is 15.3.